The molecule has 1 saturated carbocycles. The largest absolute Gasteiger partial charge is 0.403 e. The first kappa shape index (κ1) is 9.84. The summed E-state index contributed by atoms with van der Waals surface area (Å²) in [6, 6.07) is -1.35. The van der Waals surface area contributed by atoms with Crippen LogP contribution in [0.1, 0.15) is 27.2 Å². The second-order valence-corrected chi connectivity index (χ2v) is 4.18. The monoisotopic (exact) mass is 181 g/mol. The zero-order valence-corrected chi connectivity index (χ0v) is 7.50. The molecular formula is C8H14F3N. The van der Waals surface area contributed by atoms with Crippen LogP contribution in [-0.4, -0.2) is 18.3 Å². The predicted octanol–water partition coefficient (Wildman–Crippen LogP) is 2.33. The standard InChI is InChI=1S/C8H14F3N/c1-5(8(9,10)11)12-6-4-7(6,2)3/h5-6,12H,4H2,1-3H3. The third-order valence-electron chi connectivity index (χ3n) is 2.46. The topological polar surface area (TPSA) is 12.0 Å². The highest BCUT2D eigenvalue weighted by atomic mass is 19.4. The molecule has 2 unspecified atom stereocenters. The third-order valence-corrected chi connectivity index (χ3v) is 2.46. The predicted molar refractivity (Wildman–Crippen MR) is 40.8 cm³/mol. The molecule has 1 fully saturated rings. The molecule has 0 heterocycles. The van der Waals surface area contributed by atoms with E-state index in [0.29, 0.717) is 0 Å². The second-order valence-electron chi connectivity index (χ2n) is 4.18. The van der Waals surface area contributed by atoms with Crippen LogP contribution in [0.5, 0.6) is 0 Å². The van der Waals surface area contributed by atoms with E-state index >= 15 is 0 Å². The van der Waals surface area contributed by atoms with E-state index in [1.807, 2.05) is 13.8 Å². The van der Waals surface area contributed by atoms with E-state index in [1.54, 1.807) is 0 Å². The number of hydrogen-bond acceptors (Lipinski definition) is 1. The van der Waals surface area contributed by atoms with Crippen LogP contribution in [-0.2, 0) is 0 Å². The van der Waals surface area contributed by atoms with Crippen LogP contribution < -0.4 is 5.32 Å². The first-order valence-corrected chi connectivity index (χ1v) is 4.06. The van der Waals surface area contributed by atoms with E-state index in [-0.39, 0.29) is 11.5 Å². The van der Waals surface area contributed by atoms with Crippen LogP contribution in [0.25, 0.3) is 0 Å². The molecule has 0 amide bonds. The van der Waals surface area contributed by atoms with Gasteiger partial charge in [0.2, 0.25) is 0 Å². The normalized spacial score (nSPS) is 30.0. The highest BCUT2D eigenvalue weighted by molar-refractivity contribution is 5.02. The Kier molecular flexibility index (Phi) is 2.15. The third kappa shape index (κ3) is 2.12. The Morgan fingerprint density at radius 1 is 1.42 bits per heavy atom. The molecule has 72 valence electrons. The maximum absolute atomic E-state index is 12.0. The summed E-state index contributed by atoms with van der Waals surface area (Å²) in [4.78, 5) is 0. The molecule has 0 aromatic rings. The summed E-state index contributed by atoms with van der Waals surface area (Å²) >= 11 is 0. The van der Waals surface area contributed by atoms with Gasteiger partial charge in [0, 0.05) is 6.04 Å². The van der Waals surface area contributed by atoms with E-state index < -0.39 is 12.2 Å². The molecule has 0 aliphatic heterocycles. The van der Waals surface area contributed by atoms with Gasteiger partial charge >= 0.3 is 6.18 Å². The smallest absolute Gasteiger partial charge is 0.303 e. The molecule has 1 N–H and O–H groups in total. The van der Waals surface area contributed by atoms with Crippen LogP contribution >= 0.6 is 0 Å². The fraction of sp³-hybridized carbons (Fsp3) is 1.00. The Morgan fingerprint density at radius 2 is 1.83 bits per heavy atom. The minimum absolute atomic E-state index is 0.0362. The quantitative estimate of drug-likeness (QED) is 0.689. The van der Waals surface area contributed by atoms with E-state index in [1.165, 1.54) is 0 Å². The van der Waals surface area contributed by atoms with E-state index in [2.05, 4.69) is 5.32 Å². The van der Waals surface area contributed by atoms with Crippen molar-refractivity contribution in [3.05, 3.63) is 0 Å². The van der Waals surface area contributed by atoms with Crippen molar-refractivity contribution in [2.75, 3.05) is 0 Å². The molecule has 1 aliphatic carbocycles. The lowest BCUT2D eigenvalue weighted by molar-refractivity contribution is -0.152. The van der Waals surface area contributed by atoms with Crippen LogP contribution in [0, 0.1) is 5.41 Å². The van der Waals surface area contributed by atoms with Crippen molar-refractivity contribution in [2.45, 2.75) is 45.5 Å². The van der Waals surface area contributed by atoms with Crippen LogP contribution in [0.4, 0.5) is 13.2 Å². The van der Waals surface area contributed by atoms with Gasteiger partial charge in [-0.25, -0.2) is 0 Å². The molecule has 1 nitrogen and oxygen atoms in total. The SMILES string of the molecule is CC(NC1CC1(C)C)C(F)(F)F. The molecule has 0 aromatic carbocycles. The summed E-state index contributed by atoms with van der Waals surface area (Å²) in [5, 5.41) is 2.56. The summed E-state index contributed by atoms with van der Waals surface area (Å²) in [6.07, 6.45) is -3.27. The number of rotatable bonds is 2. The Morgan fingerprint density at radius 3 is 2.08 bits per heavy atom. The van der Waals surface area contributed by atoms with E-state index in [0.717, 1.165) is 13.3 Å². The fourth-order valence-electron chi connectivity index (χ4n) is 1.15. The average Bonchev–Trinajstić information content (AvgIpc) is 2.36. The first-order chi connectivity index (χ1) is 5.23. The Labute approximate surface area is 70.3 Å². The number of nitrogens with one attached hydrogen (secondary N) is 1. The number of halogens is 3. The number of alkyl halides is 3. The van der Waals surface area contributed by atoms with E-state index in [4.69, 9.17) is 0 Å². The lowest BCUT2D eigenvalue weighted by atomic mass is 10.2. The van der Waals surface area contributed by atoms with Gasteiger partial charge in [0.05, 0.1) is 0 Å². The van der Waals surface area contributed by atoms with Crippen molar-refractivity contribution in [3.63, 3.8) is 0 Å². The van der Waals surface area contributed by atoms with Gasteiger partial charge in [-0.3, -0.25) is 0 Å². The van der Waals surface area contributed by atoms with Gasteiger partial charge in [-0.15, -0.1) is 0 Å². The summed E-state index contributed by atoms with van der Waals surface area (Å²) in [7, 11) is 0. The summed E-state index contributed by atoms with van der Waals surface area (Å²) in [5.74, 6) is 0. The Hall–Kier alpha value is -0.250. The highest BCUT2D eigenvalue weighted by Gasteiger charge is 2.49. The zero-order valence-electron chi connectivity index (χ0n) is 7.50. The molecule has 2 atom stereocenters. The molecule has 0 aromatic heterocycles. The maximum atomic E-state index is 12.0. The molecule has 0 bridgehead atoms. The average molecular weight is 181 g/mol. The molecular weight excluding hydrogens is 167 g/mol. The van der Waals surface area contributed by atoms with E-state index in [9.17, 15) is 13.2 Å². The van der Waals surface area contributed by atoms with Gasteiger partial charge in [-0.05, 0) is 18.8 Å². The van der Waals surface area contributed by atoms with Gasteiger partial charge in [0.25, 0.3) is 0 Å². The highest BCUT2D eigenvalue weighted by Crippen LogP contribution is 2.45. The molecule has 0 spiro atoms. The minimum Gasteiger partial charge on any atom is -0.303 e. The Balaban J connectivity index is 2.34. The van der Waals surface area contributed by atoms with Gasteiger partial charge in [0.1, 0.15) is 6.04 Å². The molecule has 1 aliphatic rings. The first-order valence-electron chi connectivity index (χ1n) is 4.06. The molecule has 0 saturated heterocycles. The van der Waals surface area contributed by atoms with Crippen molar-refractivity contribution in [2.24, 2.45) is 5.41 Å². The van der Waals surface area contributed by atoms with Crippen molar-refractivity contribution in [1.29, 1.82) is 0 Å². The van der Waals surface area contributed by atoms with Crippen LogP contribution in [0.3, 0.4) is 0 Å². The van der Waals surface area contributed by atoms with Gasteiger partial charge in [0.15, 0.2) is 0 Å². The lowest BCUT2D eigenvalue weighted by Gasteiger charge is -2.17. The minimum atomic E-state index is -4.11. The van der Waals surface area contributed by atoms with Crippen molar-refractivity contribution >= 4 is 0 Å². The summed E-state index contributed by atoms with van der Waals surface area (Å²) < 4.78 is 36.1. The van der Waals surface area contributed by atoms with Gasteiger partial charge in [-0.1, -0.05) is 13.8 Å². The summed E-state index contributed by atoms with van der Waals surface area (Å²) in [5.41, 5.74) is 0.0551. The molecule has 1 rings (SSSR count). The zero-order chi connectivity index (χ0) is 9.57. The van der Waals surface area contributed by atoms with Crippen LogP contribution in [0.2, 0.25) is 0 Å². The lowest BCUT2D eigenvalue weighted by Crippen LogP contribution is -2.41. The van der Waals surface area contributed by atoms with Crippen molar-refractivity contribution in [1.82, 2.24) is 5.32 Å². The molecule has 12 heavy (non-hydrogen) atoms. The fourth-order valence-corrected chi connectivity index (χ4v) is 1.15. The van der Waals surface area contributed by atoms with Crippen LogP contribution in [0.15, 0.2) is 0 Å². The number of hydrogen-bond donors (Lipinski definition) is 1. The van der Waals surface area contributed by atoms with Crippen molar-refractivity contribution in [3.8, 4) is 0 Å². The second kappa shape index (κ2) is 2.62. The van der Waals surface area contributed by atoms with Gasteiger partial charge in [-0.2, -0.15) is 13.2 Å². The molecule has 4 heteroatoms. The van der Waals surface area contributed by atoms with Gasteiger partial charge < -0.3 is 5.32 Å². The maximum Gasteiger partial charge on any atom is 0.403 e. The van der Waals surface area contributed by atoms with Crippen molar-refractivity contribution < 1.29 is 13.2 Å². The Bertz CT molecular complexity index is 174. The molecule has 0 radical (unpaired) electrons. The summed E-state index contributed by atoms with van der Waals surface area (Å²) in [6.45, 7) is 5.09.